The Morgan fingerprint density at radius 3 is 2.45 bits per heavy atom. The van der Waals surface area contributed by atoms with Crippen LogP contribution in [0.25, 0.3) is 0 Å². The first-order chi connectivity index (χ1) is 9.30. The van der Waals surface area contributed by atoms with Gasteiger partial charge in [-0.15, -0.1) is 0 Å². The van der Waals surface area contributed by atoms with Crippen LogP contribution >= 0.6 is 0 Å². The second-order valence-electron chi connectivity index (χ2n) is 6.66. The van der Waals surface area contributed by atoms with Gasteiger partial charge in [-0.25, -0.2) is 4.79 Å². The molecule has 110 valence electrons. The van der Waals surface area contributed by atoms with Crippen molar-refractivity contribution in [3.8, 4) is 0 Å². The molecule has 1 aliphatic rings. The van der Waals surface area contributed by atoms with Gasteiger partial charge in [0.05, 0.1) is 5.54 Å². The first kappa shape index (κ1) is 14.9. The van der Waals surface area contributed by atoms with Gasteiger partial charge in [-0.1, -0.05) is 37.3 Å². The lowest BCUT2D eigenvalue weighted by molar-refractivity contribution is 0.0183. The molecule has 1 fully saturated rings. The highest BCUT2D eigenvalue weighted by Crippen LogP contribution is 2.57. The molecule has 1 saturated carbocycles. The number of rotatable bonds is 3. The molecular formula is C17H25NO2. The standard InChI is InChI=1S/C17H25NO2/c1-6-17(18(5)15(19)20-16(2,3)4)12-14(17)13-10-8-7-9-11-13/h7-11,14H,6,12H2,1-5H3/t14-,17-/m1/s1. The molecule has 1 amide bonds. The van der Waals surface area contributed by atoms with Crippen molar-refractivity contribution in [2.45, 2.75) is 57.6 Å². The third kappa shape index (κ3) is 2.82. The van der Waals surface area contributed by atoms with Crippen LogP contribution in [0.3, 0.4) is 0 Å². The predicted molar refractivity (Wildman–Crippen MR) is 80.8 cm³/mol. The van der Waals surface area contributed by atoms with Gasteiger partial charge in [0.25, 0.3) is 0 Å². The number of hydrogen-bond donors (Lipinski definition) is 0. The first-order valence-corrected chi connectivity index (χ1v) is 7.32. The van der Waals surface area contributed by atoms with Crippen LogP contribution in [0.15, 0.2) is 30.3 Å². The molecule has 0 N–H and O–H groups in total. The topological polar surface area (TPSA) is 29.5 Å². The maximum Gasteiger partial charge on any atom is 0.410 e. The number of benzene rings is 1. The Morgan fingerprint density at radius 2 is 1.95 bits per heavy atom. The highest BCUT2D eigenvalue weighted by molar-refractivity contribution is 5.70. The second kappa shape index (κ2) is 5.12. The van der Waals surface area contributed by atoms with Gasteiger partial charge in [0.1, 0.15) is 5.60 Å². The van der Waals surface area contributed by atoms with Crippen LogP contribution in [-0.2, 0) is 4.74 Å². The lowest BCUT2D eigenvalue weighted by Crippen LogP contribution is -2.43. The van der Waals surface area contributed by atoms with Gasteiger partial charge in [0.2, 0.25) is 0 Å². The smallest absolute Gasteiger partial charge is 0.410 e. The summed E-state index contributed by atoms with van der Waals surface area (Å²) in [5.74, 6) is 0.422. The van der Waals surface area contributed by atoms with Crippen LogP contribution in [0.2, 0.25) is 0 Å². The first-order valence-electron chi connectivity index (χ1n) is 7.32. The van der Waals surface area contributed by atoms with E-state index in [2.05, 4.69) is 31.2 Å². The van der Waals surface area contributed by atoms with Crippen molar-refractivity contribution in [1.29, 1.82) is 0 Å². The number of ether oxygens (including phenoxy) is 1. The Morgan fingerprint density at radius 1 is 1.35 bits per heavy atom. The minimum absolute atomic E-state index is 0.0797. The van der Waals surface area contributed by atoms with Crippen molar-refractivity contribution >= 4 is 6.09 Å². The van der Waals surface area contributed by atoms with E-state index in [1.165, 1.54) is 5.56 Å². The maximum absolute atomic E-state index is 12.3. The molecule has 2 atom stereocenters. The number of hydrogen-bond acceptors (Lipinski definition) is 2. The van der Waals surface area contributed by atoms with Crippen LogP contribution in [0, 0.1) is 0 Å². The summed E-state index contributed by atoms with van der Waals surface area (Å²) in [6, 6.07) is 10.4. The molecule has 3 heteroatoms. The molecule has 0 spiro atoms. The normalized spacial score (nSPS) is 25.1. The average Bonchev–Trinajstić information content (AvgIpc) is 3.13. The van der Waals surface area contributed by atoms with Gasteiger partial charge < -0.3 is 9.64 Å². The van der Waals surface area contributed by atoms with Crippen LogP contribution in [0.1, 0.15) is 52.0 Å². The SMILES string of the molecule is CC[C@@]1(N(C)C(=O)OC(C)(C)C)C[C@@H]1c1ccccc1. The van der Waals surface area contributed by atoms with Crippen molar-refractivity contribution in [3.63, 3.8) is 0 Å². The lowest BCUT2D eigenvalue weighted by Gasteiger charge is -2.31. The lowest BCUT2D eigenvalue weighted by atomic mass is 10.0. The van der Waals surface area contributed by atoms with E-state index in [9.17, 15) is 4.79 Å². The summed E-state index contributed by atoms with van der Waals surface area (Å²) >= 11 is 0. The fourth-order valence-electron chi connectivity index (χ4n) is 2.92. The monoisotopic (exact) mass is 275 g/mol. The second-order valence-corrected chi connectivity index (χ2v) is 6.66. The zero-order valence-electron chi connectivity index (χ0n) is 13.1. The quantitative estimate of drug-likeness (QED) is 0.827. The molecule has 0 radical (unpaired) electrons. The summed E-state index contributed by atoms with van der Waals surface area (Å²) < 4.78 is 5.50. The summed E-state index contributed by atoms with van der Waals surface area (Å²) in [4.78, 5) is 14.1. The van der Waals surface area contributed by atoms with Crippen molar-refractivity contribution < 1.29 is 9.53 Å². The van der Waals surface area contributed by atoms with Gasteiger partial charge in [0, 0.05) is 13.0 Å². The van der Waals surface area contributed by atoms with Crippen molar-refractivity contribution in [2.75, 3.05) is 7.05 Å². The molecule has 1 aromatic carbocycles. The predicted octanol–water partition coefficient (Wildman–Crippen LogP) is 4.19. The largest absolute Gasteiger partial charge is 0.444 e. The molecule has 2 rings (SSSR count). The average molecular weight is 275 g/mol. The number of likely N-dealkylation sites (N-methyl/N-ethyl adjacent to an activating group) is 1. The fourth-order valence-corrected chi connectivity index (χ4v) is 2.92. The van der Waals surface area contributed by atoms with E-state index in [0.717, 1.165) is 12.8 Å². The van der Waals surface area contributed by atoms with E-state index in [0.29, 0.717) is 5.92 Å². The molecule has 0 saturated heterocycles. The molecular weight excluding hydrogens is 250 g/mol. The van der Waals surface area contributed by atoms with Crippen molar-refractivity contribution in [1.82, 2.24) is 4.90 Å². The summed E-state index contributed by atoms with van der Waals surface area (Å²) in [6.07, 6.45) is 1.74. The van der Waals surface area contributed by atoms with Crippen molar-refractivity contribution in [2.24, 2.45) is 0 Å². The van der Waals surface area contributed by atoms with E-state index in [1.807, 2.05) is 33.9 Å². The third-order valence-electron chi connectivity index (χ3n) is 4.20. The van der Waals surface area contributed by atoms with Gasteiger partial charge in [-0.3, -0.25) is 0 Å². The maximum atomic E-state index is 12.3. The summed E-state index contributed by atoms with van der Waals surface area (Å²) in [5.41, 5.74) is 0.783. The Balaban J connectivity index is 2.12. The summed E-state index contributed by atoms with van der Waals surface area (Å²) in [5, 5.41) is 0. The highest BCUT2D eigenvalue weighted by Gasteiger charge is 2.58. The fraction of sp³-hybridized carbons (Fsp3) is 0.588. The molecule has 20 heavy (non-hydrogen) atoms. The van der Waals surface area contributed by atoms with Gasteiger partial charge in [-0.05, 0) is 39.2 Å². The zero-order chi connectivity index (χ0) is 15.0. The van der Waals surface area contributed by atoms with Crippen LogP contribution < -0.4 is 0 Å². The zero-order valence-corrected chi connectivity index (χ0v) is 13.1. The number of amides is 1. The molecule has 0 aromatic heterocycles. The van der Waals surface area contributed by atoms with Crippen molar-refractivity contribution in [3.05, 3.63) is 35.9 Å². The van der Waals surface area contributed by atoms with Gasteiger partial charge in [-0.2, -0.15) is 0 Å². The molecule has 1 aliphatic carbocycles. The highest BCUT2D eigenvalue weighted by atomic mass is 16.6. The van der Waals surface area contributed by atoms with E-state index in [-0.39, 0.29) is 11.6 Å². The number of carbonyl (C=O) groups excluding carboxylic acids is 1. The number of nitrogens with zero attached hydrogens (tertiary/aromatic N) is 1. The Hall–Kier alpha value is -1.51. The van der Waals surface area contributed by atoms with Gasteiger partial charge in [0.15, 0.2) is 0 Å². The molecule has 0 bridgehead atoms. The van der Waals surface area contributed by atoms with E-state index >= 15 is 0 Å². The number of carbonyl (C=O) groups is 1. The van der Waals surface area contributed by atoms with E-state index < -0.39 is 5.60 Å². The Labute approximate surface area is 121 Å². The molecule has 3 nitrogen and oxygen atoms in total. The minimum atomic E-state index is -0.447. The molecule has 0 aliphatic heterocycles. The Kier molecular flexibility index (Phi) is 3.81. The molecule has 1 aromatic rings. The summed E-state index contributed by atoms with van der Waals surface area (Å²) in [6.45, 7) is 7.85. The van der Waals surface area contributed by atoms with Crippen LogP contribution in [0.5, 0.6) is 0 Å². The Bertz CT molecular complexity index is 478. The summed E-state index contributed by atoms with van der Waals surface area (Å²) in [7, 11) is 1.86. The molecule has 0 heterocycles. The van der Waals surface area contributed by atoms with Gasteiger partial charge >= 0.3 is 6.09 Å². The third-order valence-corrected chi connectivity index (χ3v) is 4.20. The van der Waals surface area contributed by atoms with E-state index in [4.69, 9.17) is 4.74 Å². The molecule has 0 unspecified atom stereocenters. The van der Waals surface area contributed by atoms with Crippen LogP contribution in [0.4, 0.5) is 4.79 Å². The minimum Gasteiger partial charge on any atom is -0.444 e. The van der Waals surface area contributed by atoms with Crippen LogP contribution in [-0.4, -0.2) is 29.2 Å². The van der Waals surface area contributed by atoms with E-state index in [1.54, 1.807) is 4.90 Å².